The van der Waals surface area contributed by atoms with E-state index in [-0.39, 0.29) is 24.1 Å². The molecular weight excluding hydrogens is 344 g/mol. The van der Waals surface area contributed by atoms with Crippen LogP contribution in [-0.4, -0.2) is 37.2 Å². The van der Waals surface area contributed by atoms with Crippen LogP contribution in [0.1, 0.15) is 40.9 Å². The maximum atomic E-state index is 12.7. The van der Waals surface area contributed by atoms with E-state index < -0.39 is 0 Å². The van der Waals surface area contributed by atoms with Gasteiger partial charge in [0.2, 0.25) is 0 Å². The van der Waals surface area contributed by atoms with E-state index in [9.17, 15) is 9.59 Å². The van der Waals surface area contributed by atoms with Crippen LogP contribution in [0.2, 0.25) is 0 Å². The largest absolute Gasteiger partial charge is 0.490 e. The lowest BCUT2D eigenvalue weighted by Crippen LogP contribution is -2.41. The number of ether oxygens (including phenoxy) is 2. The standard InChI is InChI=1S/C21H24N2O4/c1-14-12-18(17-6-4-5-7-19(17)27-14)22-21(25)23(2)13-15-8-10-16(11-9-15)20(24)26-3/h4-11,14,18H,12-13H2,1-3H3,(H,22,25)/t14-,18-/m1/s1. The second kappa shape index (κ2) is 8.12. The summed E-state index contributed by atoms with van der Waals surface area (Å²) in [5.41, 5.74) is 2.42. The number of methoxy groups -OCH3 is 1. The van der Waals surface area contributed by atoms with Crippen molar-refractivity contribution in [1.82, 2.24) is 10.2 Å². The van der Waals surface area contributed by atoms with Crippen molar-refractivity contribution in [2.75, 3.05) is 14.2 Å². The summed E-state index contributed by atoms with van der Waals surface area (Å²) < 4.78 is 10.5. The second-order valence-corrected chi connectivity index (χ2v) is 6.75. The van der Waals surface area contributed by atoms with Crippen molar-refractivity contribution in [3.05, 3.63) is 65.2 Å². The summed E-state index contributed by atoms with van der Waals surface area (Å²) in [6.45, 7) is 2.44. The summed E-state index contributed by atoms with van der Waals surface area (Å²) in [6.07, 6.45) is 0.770. The number of hydrogen-bond acceptors (Lipinski definition) is 4. The van der Waals surface area contributed by atoms with Crippen LogP contribution in [0.3, 0.4) is 0 Å². The number of amides is 2. The van der Waals surface area contributed by atoms with E-state index in [1.54, 1.807) is 24.1 Å². The molecule has 0 spiro atoms. The number of rotatable bonds is 4. The molecule has 3 rings (SSSR count). The van der Waals surface area contributed by atoms with Crippen LogP contribution in [0.15, 0.2) is 48.5 Å². The molecule has 1 N–H and O–H groups in total. The van der Waals surface area contributed by atoms with Crippen molar-refractivity contribution >= 4 is 12.0 Å². The first kappa shape index (κ1) is 18.8. The molecule has 0 saturated carbocycles. The summed E-state index contributed by atoms with van der Waals surface area (Å²) in [6, 6.07) is 14.6. The molecule has 27 heavy (non-hydrogen) atoms. The lowest BCUT2D eigenvalue weighted by Gasteiger charge is -2.32. The van der Waals surface area contributed by atoms with Gasteiger partial charge in [0.05, 0.1) is 24.8 Å². The number of nitrogens with one attached hydrogen (secondary N) is 1. The third-order valence-corrected chi connectivity index (χ3v) is 4.63. The molecule has 6 nitrogen and oxygen atoms in total. The molecule has 2 aromatic rings. The minimum Gasteiger partial charge on any atom is -0.490 e. The number of para-hydroxylation sites is 1. The maximum Gasteiger partial charge on any atom is 0.337 e. The predicted molar refractivity (Wildman–Crippen MR) is 102 cm³/mol. The Morgan fingerprint density at radius 1 is 1.19 bits per heavy atom. The lowest BCUT2D eigenvalue weighted by atomic mass is 9.97. The van der Waals surface area contributed by atoms with Gasteiger partial charge in [0.1, 0.15) is 5.75 Å². The van der Waals surface area contributed by atoms with Crippen molar-refractivity contribution < 1.29 is 19.1 Å². The predicted octanol–water partition coefficient (Wildman–Crippen LogP) is 3.53. The number of carbonyl (C=O) groups is 2. The minimum atomic E-state index is -0.375. The van der Waals surface area contributed by atoms with E-state index in [1.807, 2.05) is 43.3 Å². The normalized spacial score (nSPS) is 18.0. The summed E-state index contributed by atoms with van der Waals surface area (Å²) in [5, 5.41) is 3.10. The molecule has 1 heterocycles. The highest BCUT2D eigenvalue weighted by atomic mass is 16.5. The van der Waals surface area contributed by atoms with E-state index in [0.29, 0.717) is 12.1 Å². The molecular formula is C21H24N2O4. The molecule has 0 radical (unpaired) electrons. The Balaban J connectivity index is 1.63. The summed E-state index contributed by atoms with van der Waals surface area (Å²) >= 11 is 0. The number of benzene rings is 2. The first-order chi connectivity index (χ1) is 13.0. The number of esters is 1. The zero-order chi connectivity index (χ0) is 19.4. The number of urea groups is 1. The molecule has 6 heteroatoms. The fraction of sp³-hybridized carbons (Fsp3) is 0.333. The van der Waals surface area contributed by atoms with Gasteiger partial charge in [0.15, 0.2) is 0 Å². The Kier molecular flexibility index (Phi) is 5.64. The first-order valence-corrected chi connectivity index (χ1v) is 8.92. The van der Waals surface area contributed by atoms with Gasteiger partial charge in [-0.25, -0.2) is 9.59 Å². The third-order valence-electron chi connectivity index (χ3n) is 4.63. The monoisotopic (exact) mass is 368 g/mol. The molecule has 2 atom stereocenters. The van der Waals surface area contributed by atoms with Crippen LogP contribution in [0.4, 0.5) is 4.79 Å². The minimum absolute atomic E-state index is 0.0429. The van der Waals surface area contributed by atoms with Gasteiger partial charge in [-0.15, -0.1) is 0 Å². The first-order valence-electron chi connectivity index (χ1n) is 8.92. The highest BCUT2D eigenvalue weighted by Gasteiger charge is 2.27. The molecule has 1 aliphatic rings. The Hall–Kier alpha value is -3.02. The number of fused-ring (bicyclic) bond motifs is 1. The van der Waals surface area contributed by atoms with E-state index in [2.05, 4.69) is 5.32 Å². The second-order valence-electron chi connectivity index (χ2n) is 6.75. The zero-order valence-corrected chi connectivity index (χ0v) is 15.8. The molecule has 1 aliphatic heterocycles. The van der Waals surface area contributed by atoms with E-state index in [4.69, 9.17) is 9.47 Å². The smallest absolute Gasteiger partial charge is 0.337 e. The number of hydrogen-bond donors (Lipinski definition) is 1. The van der Waals surface area contributed by atoms with Crippen molar-refractivity contribution in [2.45, 2.75) is 32.0 Å². The Labute approximate surface area is 159 Å². The lowest BCUT2D eigenvalue weighted by molar-refractivity contribution is 0.0600. The van der Waals surface area contributed by atoms with Crippen LogP contribution >= 0.6 is 0 Å². The molecule has 0 fully saturated rings. The fourth-order valence-electron chi connectivity index (χ4n) is 3.21. The van der Waals surface area contributed by atoms with Gasteiger partial charge in [-0.3, -0.25) is 0 Å². The van der Waals surface area contributed by atoms with Gasteiger partial charge in [0, 0.05) is 25.6 Å². The zero-order valence-electron chi connectivity index (χ0n) is 15.8. The Morgan fingerprint density at radius 3 is 2.59 bits per heavy atom. The Bertz CT molecular complexity index is 819. The van der Waals surface area contributed by atoms with Crippen molar-refractivity contribution in [3.8, 4) is 5.75 Å². The molecule has 2 amide bonds. The molecule has 0 unspecified atom stereocenters. The summed E-state index contributed by atoms with van der Waals surface area (Å²) in [7, 11) is 3.10. The van der Waals surface area contributed by atoms with E-state index in [0.717, 1.165) is 23.3 Å². The summed E-state index contributed by atoms with van der Waals surface area (Å²) in [4.78, 5) is 25.8. The molecule has 2 aromatic carbocycles. The van der Waals surface area contributed by atoms with Gasteiger partial charge in [-0.05, 0) is 30.7 Å². The van der Waals surface area contributed by atoms with Crippen molar-refractivity contribution in [1.29, 1.82) is 0 Å². The average Bonchev–Trinajstić information content (AvgIpc) is 2.67. The van der Waals surface area contributed by atoms with Gasteiger partial charge < -0.3 is 19.7 Å². The molecule has 0 bridgehead atoms. The average molecular weight is 368 g/mol. The third kappa shape index (κ3) is 4.39. The molecule has 0 saturated heterocycles. The highest BCUT2D eigenvalue weighted by molar-refractivity contribution is 5.89. The Morgan fingerprint density at radius 2 is 1.89 bits per heavy atom. The van der Waals surface area contributed by atoms with Gasteiger partial charge in [0.25, 0.3) is 0 Å². The van der Waals surface area contributed by atoms with Crippen molar-refractivity contribution in [2.24, 2.45) is 0 Å². The SMILES string of the molecule is COC(=O)c1ccc(CN(C)C(=O)N[C@@H]2C[C@@H](C)Oc3ccccc32)cc1. The van der Waals surface area contributed by atoms with Gasteiger partial charge in [-0.2, -0.15) is 0 Å². The molecule has 0 aliphatic carbocycles. The van der Waals surface area contributed by atoms with Gasteiger partial charge >= 0.3 is 12.0 Å². The fourth-order valence-corrected chi connectivity index (χ4v) is 3.21. The maximum absolute atomic E-state index is 12.7. The quantitative estimate of drug-likeness (QED) is 0.839. The van der Waals surface area contributed by atoms with E-state index in [1.165, 1.54) is 7.11 Å². The van der Waals surface area contributed by atoms with Crippen LogP contribution in [0, 0.1) is 0 Å². The topological polar surface area (TPSA) is 67.9 Å². The number of nitrogens with zero attached hydrogens (tertiary/aromatic N) is 1. The summed E-state index contributed by atoms with van der Waals surface area (Å²) in [5.74, 6) is 0.447. The van der Waals surface area contributed by atoms with E-state index >= 15 is 0 Å². The number of carbonyl (C=O) groups excluding carboxylic acids is 2. The van der Waals surface area contributed by atoms with Crippen LogP contribution in [-0.2, 0) is 11.3 Å². The van der Waals surface area contributed by atoms with Crippen LogP contribution in [0.25, 0.3) is 0 Å². The van der Waals surface area contributed by atoms with Crippen LogP contribution in [0.5, 0.6) is 5.75 Å². The van der Waals surface area contributed by atoms with Crippen molar-refractivity contribution in [3.63, 3.8) is 0 Å². The van der Waals surface area contributed by atoms with Crippen LogP contribution < -0.4 is 10.1 Å². The van der Waals surface area contributed by atoms with Gasteiger partial charge in [-0.1, -0.05) is 30.3 Å². The molecule has 142 valence electrons. The molecule has 0 aromatic heterocycles. The highest BCUT2D eigenvalue weighted by Crippen LogP contribution is 2.34.